The normalized spacial score (nSPS) is 17.1. The van der Waals surface area contributed by atoms with E-state index in [0.29, 0.717) is 12.5 Å². The summed E-state index contributed by atoms with van der Waals surface area (Å²) in [7, 11) is 0. The van der Waals surface area contributed by atoms with Crippen LogP contribution in [0.15, 0.2) is 24.3 Å². The average Bonchev–Trinajstić information content (AvgIpc) is 3.14. The zero-order valence-electron chi connectivity index (χ0n) is 12.6. The van der Waals surface area contributed by atoms with E-state index in [2.05, 4.69) is 34.6 Å². The van der Waals surface area contributed by atoms with E-state index in [1.807, 2.05) is 12.1 Å². The topological polar surface area (TPSA) is 44.9 Å². The highest BCUT2D eigenvalue weighted by atomic mass is 15.2. The minimum Gasteiger partial charge on any atom is -0.326 e. The van der Waals surface area contributed by atoms with Crippen LogP contribution in [-0.2, 0) is 6.54 Å². The van der Waals surface area contributed by atoms with Gasteiger partial charge in [-0.25, -0.2) is 4.98 Å². The first-order valence-electron chi connectivity index (χ1n) is 7.91. The van der Waals surface area contributed by atoms with Gasteiger partial charge in [0.2, 0.25) is 0 Å². The highest BCUT2D eigenvalue weighted by Gasteiger charge is 2.26. The van der Waals surface area contributed by atoms with Crippen LogP contribution >= 0.6 is 0 Å². The Hall–Kier alpha value is -1.86. The van der Waals surface area contributed by atoms with Gasteiger partial charge in [-0.2, -0.15) is 5.26 Å². The summed E-state index contributed by atoms with van der Waals surface area (Å²) in [5, 5.41) is 8.94. The van der Waals surface area contributed by atoms with Gasteiger partial charge in [0.15, 0.2) is 0 Å². The van der Waals surface area contributed by atoms with Gasteiger partial charge in [0.1, 0.15) is 5.82 Å². The van der Waals surface area contributed by atoms with Crippen LogP contribution in [0.4, 0.5) is 0 Å². The summed E-state index contributed by atoms with van der Waals surface area (Å²) < 4.78 is 2.26. The zero-order chi connectivity index (χ0) is 14.7. The second-order valence-corrected chi connectivity index (χ2v) is 5.69. The van der Waals surface area contributed by atoms with Crippen LogP contribution in [0.1, 0.15) is 44.5 Å². The van der Waals surface area contributed by atoms with Gasteiger partial charge in [0, 0.05) is 6.54 Å². The first-order valence-corrected chi connectivity index (χ1v) is 7.91. The molecule has 1 aliphatic heterocycles. The summed E-state index contributed by atoms with van der Waals surface area (Å²) in [6.07, 6.45) is 4.17. The molecule has 0 N–H and O–H groups in total. The molecule has 0 amide bonds. The number of para-hydroxylation sites is 2. The molecule has 4 nitrogen and oxygen atoms in total. The SMILES string of the molecule is CCC(c1nc2ccccc2n1CCC#N)N1CCCC1. The molecule has 1 saturated heterocycles. The van der Waals surface area contributed by atoms with E-state index in [1.54, 1.807) is 0 Å². The third kappa shape index (κ3) is 2.66. The summed E-state index contributed by atoms with van der Waals surface area (Å²) in [6.45, 7) is 5.30. The first kappa shape index (κ1) is 14.1. The predicted molar refractivity (Wildman–Crippen MR) is 83.8 cm³/mol. The summed E-state index contributed by atoms with van der Waals surface area (Å²) in [5.74, 6) is 1.14. The number of fused-ring (bicyclic) bond motifs is 1. The summed E-state index contributed by atoms with van der Waals surface area (Å²) in [6, 6.07) is 10.9. The van der Waals surface area contributed by atoms with Crippen molar-refractivity contribution >= 4 is 11.0 Å². The maximum Gasteiger partial charge on any atom is 0.127 e. The quantitative estimate of drug-likeness (QED) is 0.843. The number of benzene rings is 1. The minimum absolute atomic E-state index is 0.374. The Kier molecular flexibility index (Phi) is 4.21. The number of nitriles is 1. The van der Waals surface area contributed by atoms with Crippen molar-refractivity contribution in [1.29, 1.82) is 5.26 Å². The van der Waals surface area contributed by atoms with Crippen molar-refractivity contribution in [2.75, 3.05) is 13.1 Å². The Morgan fingerprint density at radius 2 is 2.05 bits per heavy atom. The Labute approximate surface area is 126 Å². The molecule has 0 saturated carbocycles. The Balaban J connectivity index is 2.04. The average molecular weight is 282 g/mol. The van der Waals surface area contributed by atoms with E-state index in [-0.39, 0.29) is 0 Å². The van der Waals surface area contributed by atoms with Crippen molar-refractivity contribution in [3.8, 4) is 6.07 Å². The van der Waals surface area contributed by atoms with Gasteiger partial charge in [-0.05, 0) is 44.5 Å². The fourth-order valence-electron chi connectivity index (χ4n) is 3.40. The summed E-state index contributed by atoms with van der Waals surface area (Å²) in [4.78, 5) is 7.44. The highest BCUT2D eigenvalue weighted by molar-refractivity contribution is 5.76. The Morgan fingerprint density at radius 1 is 1.29 bits per heavy atom. The predicted octanol–water partition coefficient (Wildman–Crippen LogP) is 3.50. The summed E-state index contributed by atoms with van der Waals surface area (Å²) in [5.41, 5.74) is 2.20. The van der Waals surface area contributed by atoms with E-state index in [9.17, 15) is 0 Å². The maximum absolute atomic E-state index is 8.94. The molecule has 1 fully saturated rings. The molecule has 0 bridgehead atoms. The van der Waals surface area contributed by atoms with Crippen molar-refractivity contribution in [1.82, 2.24) is 14.5 Å². The van der Waals surface area contributed by atoms with Crippen LogP contribution in [0.5, 0.6) is 0 Å². The van der Waals surface area contributed by atoms with Crippen molar-refractivity contribution in [2.45, 2.75) is 45.2 Å². The molecular formula is C17H22N4. The molecule has 0 spiro atoms. The molecular weight excluding hydrogens is 260 g/mol. The molecule has 1 aliphatic rings. The standard InChI is InChI=1S/C17H22N4/c1-2-15(20-11-5-6-12-20)17-19-14-8-3-4-9-16(14)21(17)13-7-10-18/h3-4,8-9,15H,2,5-7,11-13H2,1H3. The van der Waals surface area contributed by atoms with Crippen LogP contribution < -0.4 is 0 Å². The summed E-state index contributed by atoms with van der Waals surface area (Å²) >= 11 is 0. The lowest BCUT2D eigenvalue weighted by molar-refractivity contribution is 0.225. The van der Waals surface area contributed by atoms with Crippen molar-refractivity contribution < 1.29 is 0 Å². The molecule has 21 heavy (non-hydrogen) atoms. The Bertz CT molecular complexity index is 646. The van der Waals surface area contributed by atoms with Crippen molar-refractivity contribution in [2.24, 2.45) is 0 Å². The molecule has 1 aromatic heterocycles. The molecule has 1 unspecified atom stereocenters. The second kappa shape index (κ2) is 6.28. The fraction of sp³-hybridized carbons (Fsp3) is 0.529. The lowest BCUT2D eigenvalue weighted by atomic mass is 10.2. The van der Waals surface area contributed by atoms with Crippen LogP contribution in [-0.4, -0.2) is 27.5 Å². The molecule has 0 radical (unpaired) electrons. The van der Waals surface area contributed by atoms with Gasteiger partial charge in [-0.1, -0.05) is 19.1 Å². The molecule has 4 heteroatoms. The smallest absolute Gasteiger partial charge is 0.127 e. The number of hydrogen-bond donors (Lipinski definition) is 0. The largest absolute Gasteiger partial charge is 0.326 e. The van der Waals surface area contributed by atoms with E-state index in [4.69, 9.17) is 10.2 Å². The number of aromatic nitrogens is 2. The number of aryl methyl sites for hydroxylation is 1. The number of imidazole rings is 1. The maximum atomic E-state index is 8.94. The van der Waals surface area contributed by atoms with E-state index >= 15 is 0 Å². The minimum atomic E-state index is 0.374. The van der Waals surface area contributed by atoms with Crippen molar-refractivity contribution in [3.05, 3.63) is 30.1 Å². The highest BCUT2D eigenvalue weighted by Crippen LogP contribution is 2.30. The van der Waals surface area contributed by atoms with Gasteiger partial charge in [-0.15, -0.1) is 0 Å². The van der Waals surface area contributed by atoms with E-state index in [1.165, 1.54) is 25.9 Å². The van der Waals surface area contributed by atoms with Crippen LogP contribution in [0, 0.1) is 11.3 Å². The molecule has 1 atom stereocenters. The third-order valence-corrected chi connectivity index (χ3v) is 4.40. The number of nitrogens with zero attached hydrogens (tertiary/aromatic N) is 4. The monoisotopic (exact) mass is 282 g/mol. The Morgan fingerprint density at radius 3 is 2.76 bits per heavy atom. The molecule has 2 heterocycles. The van der Waals surface area contributed by atoms with E-state index < -0.39 is 0 Å². The third-order valence-electron chi connectivity index (χ3n) is 4.40. The van der Waals surface area contributed by atoms with Crippen LogP contribution in [0.25, 0.3) is 11.0 Å². The fourth-order valence-corrected chi connectivity index (χ4v) is 3.40. The van der Waals surface area contributed by atoms with Gasteiger partial charge < -0.3 is 4.57 Å². The van der Waals surface area contributed by atoms with Gasteiger partial charge in [-0.3, -0.25) is 4.90 Å². The van der Waals surface area contributed by atoms with Crippen LogP contribution in [0.3, 0.4) is 0 Å². The molecule has 110 valence electrons. The zero-order valence-corrected chi connectivity index (χ0v) is 12.6. The first-order chi connectivity index (χ1) is 10.3. The lowest BCUT2D eigenvalue weighted by Gasteiger charge is -2.26. The van der Waals surface area contributed by atoms with Gasteiger partial charge in [0.05, 0.1) is 29.6 Å². The molecule has 2 aromatic rings. The molecule has 3 rings (SSSR count). The van der Waals surface area contributed by atoms with Gasteiger partial charge >= 0.3 is 0 Å². The molecule has 0 aliphatic carbocycles. The second-order valence-electron chi connectivity index (χ2n) is 5.69. The lowest BCUT2D eigenvalue weighted by Crippen LogP contribution is -2.27. The van der Waals surface area contributed by atoms with E-state index in [0.717, 1.165) is 29.8 Å². The van der Waals surface area contributed by atoms with Gasteiger partial charge in [0.25, 0.3) is 0 Å². The number of rotatable bonds is 5. The van der Waals surface area contributed by atoms with Crippen LogP contribution in [0.2, 0.25) is 0 Å². The molecule has 1 aromatic carbocycles. The number of hydrogen-bond acceptors (Lipinski definition) is 3. The number of likely N-dealkylation sites (tertiary alicyclic amines) is 1. The van der Waals surface area contributed by atoms with Crippen molar-refractivity contribution in [3.63, 3.8) is 0 Å².